The highest BCUT2D eigenvalue weighted by molar-refractivity contribution is 8.00. The van der Waals surface area contributed by atoms with E-state index in [1.54, 1.807) is 60.7 Å². The van der Waals surface area contributed by atoms with Gasteiger partial charge < -0.3 is 16.0 Å². The number of benzene rings is 4. The van der Waals surface area contributed by atoms with Crippen LogP contribution in [0.1, 0.15) is 34.0 Å². The van der Waals surface area contributed by atoms with Gasteiger partial charge in [-0.3, -0.25) is 14.4 Å². The van der Waals surface area contributed by atoms with Crippen LogP contribution in [0.25, 0.3) is 6.08 Å². The lowest BCUT2D eigenvalue weighted by Gasteiger charge is -2.15. The van der Waals surface area contributed by atoms with Crippen LogP contribution in [0.4, 0.5) is 15.8 Å². The van der Waals surface area contributed by atoms with Crippen molar-refractivity contribution in [2.45, 2.75) is 30.9 Å². The van der Waals surface area contributed by atoms with E-state index < -0.39 is 22.9 Å². The molecule has 0 saturated heterocycles. The Bertz CT molecular complexity index is 1600. The molecule has 0 bridgehead atoms. The summed E-state index contributed by atoms with van der Waals surface area (Å²) >= 11 is 1.35. The second kappa shape index (κ2) is 13.6. The molecule has 0 aromatic heterocycles. The van der Waals surface area contributed by atoms with Gasteiger partial charge in [0.15, 0.2) is 0 Å². The summed E-state index contributed by atoms with van der Waals surface area (Å²) in [6, 6.07) is 27.3. The number of anilines is 2. The van der Waals surface area contributed by atoms with Crippen molar-refractivity contribution in [3.05, 3.63) is 131 Å². The average Bonchev–Trinajstić information content (AvgIpc) is 2.96. The van der Waals surface area contributed by atoms with Crippen molar-refractivity contribution in [3.63, 3.8) is 0 Å². The number of carbonyl (C=O) groups is 3. The molecule has 0 spiro atoms. The molecule has 41 heavy (non-hydrogen) atoms. The second-order valence-electron chi connectivity index (χ2n) is 9.45. The van der Waals surface area contributed by atoms with Crippen molar-refractivity contribution < 1.29 is 18.8 Å². The summed E-state index contributed by atoms with van der Waals surface area (Å²) in [6.45, 7) is 5.72. The average molecular weight is 568 g/mol. The Kier molecular flexibility index (Phi) is 9.71. The SMILES string of the molecule is Cc1ccc(C)c(NC(=O)C(C)Sc2cccc(NC(=O)/C(=C/c3ccccc3F)NC(=O)c3ccccc3)c2)c1. The fraction of sp³-hybridized carbons (Fsp3) is 0.121. The van der Waals surface area contributed by atoms with Gasteiger partial charge in [0.1, 0.15) is 11.5 Å². The largest absolute Gasteiger partial charge is 0.325 e. The minimum absolute atomic E-state index is 0.122. The summed E-state index contributed by atoms with van der Waals surface area (Å²) in [5.74, 6) is -1.80. The van der Waals surface area contributed by atoms with Crippen molar-refractivity contribution in [2.75, 3.05) is 10.6 Å². The molecule has 208 valence electrons. The van der Waals surface area contributed by atoms with Crippen molar-refractivity contribution in [2.24, 2.45) is 0 Å². The zero-order chi connectivity index (χ0) is 29.4. The summed E-state index contributed by atoms with van der Waals surface area (Å²) in [7, 11) is 0. The topological polar surface area (TPSA) is 87.3 Å². The number of aryl methyl sites for hydroxylation is 2. The van der Waals surface area contributed by atoms with Crippen LogP contribution in [0.5, 0.6) is 0 Å². The maximum absolute atomic E-state index is 14.4. The summed E-state index contributed by atoms with van der Waals surface area (Å²) in [6.07, 6.45) is 1.30. The number of rotatable bonds is 9. The predicted octanol–water partition coefficient (Wildman–Crippen LogP) is 6.97. The first-order valence-corrected chi connectivity index (χ1v) is 13.9. The van der Waals surface area contributed by atoms with Crippen LogP contribution in [0.2, 0.25) is 0 Å². The molecule has 0 fully saturated rings. The van der Waals surface area contributed by atoms with Gasteiger partial charge in [0.2, 0.25) is 5.91 Å². The first kappa shape index (κ1) is 29.3. The van der Waals surface area contributed by atoms with Gasteiger partial charge in [0.05, 0.1) is 5.25 Å². The van der Waals surface area contributed by atoms with Crippen LogP contribution in [-0.4, -0.2) is 23.0 Å². The number of hydrogen-bond donors (Lipinski definition) is 3. The lowest BCUT2D eigenvalue weighted by molar-refractivity contribution is -0.115. The fourth-order valence-electron chi connectivity index (χ4n) is 3.90. The highest BCUT2D eigenvalue weighted by atomic mass is 32.2. The van der Waals surface area contributed by atoms with E-state index in [1.807, 2.05) is 45.0 Å². The number of thioether (sulfide) groups is 1. The molecule has 0 saturated carbocycles. The molecular weight excluding hydrogens is 537 g/mol. The first-order chi connectivity index (χ1) is 19.7. The first-order valence-electron chi connectivity index (χ1n) is 13.0. The van der Waals surface area contributed by atoms with Crippen LogP contribution in [0.15, 0.2) is 108 Å². The van der Waals surface area contributed by atoms with E-state index in [0.717, 1.165) is 21.7 Å². The van der Waals surface area contributed by atoms with Gasteiger partial charge in [-0.1, -0.05) is 54.6 Å². The van der Waals surface area contributed by atoms with Gasteiger partial charge in [0, 0.05) is 27.4 Å². The zero-order valence-corrected chi connectivity index (χ0v) is 23.7. The third kappa shape index (κ3) is 8.16. The van der Waals surface area contributed by atoms with Crippen molar-refractivity contribution in [1.82, 2.24) is 5.32 Å². The number of hydrogen-bond acceptors (Lipinski definition) is 4. The molecule has 1 atom stereocenters. The van der Waals surface area contributed by atoms with E-state index >= 15 is 0 Å². The van der Waals surface area contributed by atoms with Gasteiger partial charge in [-0.2, -0.15) is 0 Å². The Balaban J connectivity index is 1.49. The van der Waals surface area contributed by atoms with E-state index in [9.17, 15) is 18.8 Å². The van der Waals surface area contributed by atoms with Gasteiger partial charge in [0.25, 0.3) is 11.8 Å². The van der Waals surface area contributed by atoms with E-state index in [-0.39, 0.29) is 17.2 Å². The molecule has 0 aliphatic heterocycles. The van der Waals surface area contributed by atoms with Crippen molar-refractivity contribution in [3.8, 4) is 0 Å². The lowest BCUT2D eigenvalue weighted by Crippen LogP contribution is -2.30. The van der Waals surface area contributed by atoms with Crippen molar-refractivity contribution >= 4 is 46.9 Å². The molecule has 8 heteroatoms. The summed E-state index contributed by atoms with van der Waals surface area (Å²) < 4.78 is 14.4. The Morgan fingerprint density at radius 3 is 2.32 bits per heavy atom. The predicted molar refractivity (Wildman–Crippen MR) is 163 cm³/mol. The van der Waals surface area contributed by atoms with Crippen LogP contribution < -0.4 is 16.0 Å². The van der Waals surface area contributed by atoms with E-state index in [2.05, 4.69) is 16.0 Å². The number of nitrogens with one attached hydrogen (secondary N) is 3. The minimum Gasteiger partial charge on any atom is -0.325 e. The Morgan fingerprint density at radius 2 is 1.56 bits per heavy atom. The molecule has 0 heterocycles. The Morgan fingerprint density at radius 1 is 0.829 bits per heavy atom. The maximum atomic E-state index is 14.4. The van der Waals surface area contributed by atoms with E-state index in [4.69, 9.17) is 0 Å². The molecule has 3 N–H and O–H groups in total. The molecule has 4 aromatic carbocycles. The van der Waals surface area contributed by atoms with E-state index in [1.165, 1.54) is 30.0 Å². The Hall–Kier alpha value is -4.69. The second-order valence-corrected chi connectivity index (χ2v) is 10.9. The molecule has 1 unspecified atom stereocenters. The summed E-state index contributed by atoms with van der Waals surface area (Å²) in [5, 5.41) is 7.95. The zero-order valence-electron chi connectivity index (χ0n) is 22.9. The highest BCUT2D eigenvalue weighted by Gasteiger charge is 2.18. The molecule has 0 aliphatic rings. The third-order valence-electron chi connectivity index (χ3n) is 6.16. The summed E-state index contributed by atoms with van der Waals surface area (Å²) in [4.78, 5) is 39.8. The monoisotopic (exact) mass is 567 g/mol. The molecule has 3 amide bonds. The third-order valence-corrected chi connectivity index (χ3v) is 7.25. The number of amides is 3. The maximum Gasteiger partial charge on any atom is 0.272 e. The van der Waals surface area contributed by atoms with Crippen molar-refractivity contribution in [1.29, 1.82) is 0 Å². The number of carbonyl (C=O) groups excluding carboxylic acids is 3. The van der Waals surface area contributed by atoms with Gasteiger partial charge in [-0.25, -0.2) is 4.39 Å². The highest BCUT2D eigenvalue weighted by Crippen LogP contribution is 2.27. The van der Waals surface area contributed by atoms with Crippen LogP contribution in [-0.2, 0) is 9.59 Å². The molecular formula is C33H30FN3O3S. The molecule has 6 nitrogen and oxygen atoms in total. The van der Waals surface area contributed by atoms with Gasteiger partial charge >= 0.3 is 0 Å². The molecule has 0 aliphatic carbocycles. The van der Waals surface area contributed by atoms with Crippen LogP contribution in [0, 0.1) is 19.7 Å². The van der Waals surface area contributed by atoms with E-state index in [0.29, 0.717) is 11.3 Å². The lowest BCUT2D eigenvalue weighted by atomic mass is 10.1. The standard InChI is InChI=1S/C33H30FN3O3S/c1-21-16-17-22(2)29(18-21)36-31(38)23(3)41-27-14-9-13-26(20-27)35-33(40)30(19-25-12-7-8-15-28(25)34)37-32(39)24-10-5-4-6-11-24/h4-20,23H,1-3H3,(H,35,40)(H,36,38)(H,37,39)/b30-19-. The molecule has 4 aromatic rings. The van der Waals surface area contributed by atoms with Crippen LogP contribution >= 0.6 is 11.8 Å². The minimum atomic E-state index is -0.625. The van der Waals surface area contributed by atoms with Gasteiger partial charge in [-0.05, 0) is 80.4 Å². The summed E-state index contributed by atoms with van der Waals surface area (Å²) in [5.41, 5.74) is 3.64. The molecule has 0 radical (unpaired) electrons. The molecule has 4 rings (SSSR count). The fourth-order valence-corrected chi connectivity index (χ4v) is 4.82. The quantitative estimate of drug-likeness (QED) is 0.151. The van der Waals surface area contributed by atoms with Gasteiger partial charge in [-0.15, -0.1) is 11.8 Å². The smallest absolute Gasteiger partial charge is 0.272 e. The van der Waals surface area contributed by atoms with Crippen LogP contribution in [0.3, 0.4) is 0 Å². The Labute approximate surface area is 243 Å². The number of halogens is 1. The normalized spacial score (nSPS) is 11.9.